The first-order valence-electron chi connectivity index (χ1n) is 9.75. The van der Waals surface area contributed by atoms with Crippen molar-refractivity contribution in [2.45, 2.75) is 43.2 Å². The van der Waals surface area contributed by atoms with Crippen molar-refractivity contribution in [3.8, 4) is 28.7 Å². The van der Waals surface area contributed by atoms with Crippen molar-refractivity contribution in [2.24, 2.45) is 0 Å². The van der Waals surface area contributed by atoms with E-state index in [4.69, 9.17) is 14.2 Å². The Labute approximate surface area is 181 Å². The van der Waals surface area contributed by atoms with Gasteiger partial charge < -0.3 is 50.0 Å². The summed E-state index contributed by atoms with van der Waals surface area (Å²) in [5.41, 5.74) is 0.244. The summed E-state index contributed by atoms with van der Waals surface area (Å²) < 4.78 is 16.6. The summed E-state index contributed by atoms with van der Waals surface area (Å²) in [6.45, 7) is -0.643. The Morgan fingerprint density at radius 2 is 1.62 bits per heavy atom. The third-order valence-electron chi connectivity index (χ3n) is 5.37. The van der Waals surface area contributed by atoms with Crippen LogP contribution >= 0.6 is 0 Å². The average Bonchev–Trinajstić information content (AvgIpc) is 2.73. The first-order valence-corrected chi connectivity index (χ1v) is 9.75. The van der Waals surface area contributed by atoms with Crippen LogP contribution in [0.3, 0.4) is 0 Å². The zero-order chi connectivity index (χ0) is 23.2. The largest absolute Gasteiger partial charge is 0.508 e. The van der Waals surface area contributed by atoms with Gasteiger partial charge in [-0.25, -0.2) is 0 Å². The highest BCUT2D eigenvalue weighted by atomic mass is 16.7. The van der Waals surface area contributed by atoms with Gasteiger partial charge in [-0.3, -0.25) is 4.79 Å². The Kier molecular flexibility index (Phi) is 5.84. The summed E-state index contributed by atoms with van der Waals surface area (Å²) in [4.78, 5) is 12.6. The van der Waals surface area contributed by atoms with Crippen LogP contribution in [0.5, 0.6) is 28.7 Å². The molecule has 1 fully saturated rings. The van der Waals surface area contributed by atoms with Crippen LogP contribution in [0, 0.1) is 0 Å². The minimum absolute atomic E-state index is 0.0475. The molecule has 0 radical (unpaired) electrons. The van der Waals surface area contributed by atoms with Gasteiger partial charge in [0.25, 0.3) is 0 Å². The van der Waals surface area contributed by atoms with E-state index in [9.17, 15) is 40.5 Å². The Hall–Kier alpha value is -3.09. The van der Waals surface area contributed by atoms with Crippen LogP contribution in [0.4, 0.5) is 0 Å². The second-order valence-corrected chi connectivity index (χ2v) is 7.65. The van der Waals surface area contributed by atoms with Crippen LogP contribution in [0.1, 0.15) is 28.4 Å². The lowest BCUT2D eigenvalue weighted by atomic mass is 9.95. The summed E-state index contributed by atoms with van der Waals surface area (Å²) >= 11 is 0. The maximum atomic E-state index is 12.6. The van der Waals surface area contributed by atoms with E-state index in [0.29, 0.717) is 5.56 Å². The van der Waals surface area contributed by atoms with E-state index in [2.05, 4.69) is 0 Å². The molecule has 0 bridgehead atoms. The lowest BCUT2D eigenvalue weighted by Gasteiger charge is -2.39. The molecule has 11 nitrogen and oxygen atoms in total. The van der Waals surface area contributed by atoms with Gasteiger partial charge in [-0.1, -0.05) is 0 Å². The second kappa shape index (κ2) is 8.45. The van der Waals surface area contributed by atoms with Gasteiger partial charge in [0.2, 0.25) is 6.29 Å². The first kappa shape index (κ1) is 22.1. The van der Waals surface area contributed by atoms with Crippen LogP contribution < -0.4 is 9.47 Å². The van der Waals surface area contributed by atoms with Crippen molar-refractivity contribution >= 4 is 5.78 Å². The van der Waals surface area contributed by atoms with Gasteiger partial charge in [0.05, 0.1) is 13.0 Å². The fraction of sp³-hybridized carbons (Fsp3) is 0.381. The fourth-order valence-corrected chi connectivity index (χ4v) is 3.77. The number of aliphatic hydroxyl groups is 4. The number of carbonyl (C=O) groups is 1. The molecule has 2 aromatic carbocycles. The molecule has 2 heterocycles. The van der Waals surface area contributed by atoms with Gasteiger partial charge in [0.15, 0.2) is 5.78 Å². The Morgan fingerprint density at radius 1 is 0.938 bits per heavy atom. The summed E-state index contributed by atoms with van der Waals surface area (Å²) in [7, 11) is 0. The number of benzene rings is 2. The third-order valence-corrected chi connectivity index (χ3v) is 5.37. The molecule has 0 amide bonds. The van der Waals surface area contributed by atoms with Crippen molar-refractivity contribution in [3.05, 3.63) is 41.5 Å². The first-order chi connectivity index (χ1) is 15.2. The number of ketones is 1. The number of ether oxygens (including phenoxy) is 3. The molecular weight excluding hydrogens is 428 g/mol. The normalized spacial score (nSPS) is 29.8. The van der Waals surface area contributed by atoms with Gasteiger partial charge >= 0.3 is 0 Å². The lowest BCUT2D eigenvalue weighted by molar-refractivity contribution is -0.277. The van der Waals surface area contributed by atoms with E-state index in [-0.39, 0.29) is 35.0 Å². The zero-order valence-corrected chi connectivity index (χ0v) is 16.5. The monoisotopic (exact) mass is 450 g/mol. The zero-order valence-electron chi connectivity index (χ0n) is 16.5. The number of phenolic OH excluding ortho intramolecular Hbond substituents is 3. The predicted octanol–water partition coefficient (Wildman–Crippen LogP) is -0.311. The van der Waals surface area contributed by atoms with E-state index in [1.54, 1.807) is 0 Å². The Bertz CT molecular complexity index is 1000. The molecule has 11 heteroatoms. The molecule has 4 rings (SSSR count). The highest BCUT2D eigenvalue weighted by Gasteiger charge is 2.45. The van der Waals surface area contributed by atoms with Crippen LogP contribution in [0.25, 0.3) is 0 Å². The number of phenols is 3. The highest BCUT2D eigenvalue weighted by molar-refractivity contribution is 6.02. The number of hydrogen-bond acceptors (Lipinski definition) is 11. The Morgan fingerprint density at radius 3 is 2.28 bits per heavy atom. The standard InChI is InChI=1S/C21H22O11/c22-7-16-18(27)19(28)20(29)21(32-16)30-11-4-12(25)17-13(26)6-14(31-15(17)5-11)8-1-9(23)3-10(24)2-8/h1-5,14,16,18-25,27-29H,6-7H2. The van der Waals surface area contributed by atoms with Gasteiger partial charge in [-0.2, -0.15) is 0 Å². The molecule has 172 valence electrons. The van der Waals surface area contributed by atoms with Crippen molar-refractivity contribution in [3.63, 3.8) is 0 Å². The summed E-state index contributed by atoms with van der Waals surface area (Å²) in [5, 5.41) is 69.0. The molecule has 2 aliphatic rings. The van der Waals surface area contributed by atoms with Crippen LogP contribution in [0.15, 0.2) is 30.3 Å². The number of aromatic hydroxyl groups is 3. The molecule has 2 aliphatic heterocycles. The van der Waals surface area contributed by atoms with Gasteiger partial charge in [-0.05, 0) is 12.1 Å². The summed E-state index contributed by atoms with van der Waals surface area (Å²) in [6, 6.07) is 6.15. The SMILES string of the molecule is O=C1CC(c2cc(O)cc(O)c2)Oc2cc(OC3OC(CO)C(O)C(O)C3O)cc(O)c21. The molecule has 2 aromatic rings. The summed E-state index contributed by atoms with van der Waals surface area (Å²) in [6.07, 6.45) is -8.60. The van der Waals surface area contributed by atoms with Crippen molar-refractivity contribution in [1.82, 2.24) is 0 Å². The molecular formula is C21H22O11. The quantitative estimate of drug-likeness (QED) is 0.324. The molecule has 32 heavy (non-hydrogen) atoms. The maximum Gasteiger partial charge on any atom is 0.229 e. The molecule has 0 aliphatic carbocycles. The van der Waals surface area contributed by atoms with E-state index >= 15 is 0 Å². The van der Waals surface area contributed by atoms with Gasteiger partial charge in [0.1, 0.15) is 64.8 Å². The number of carbonyl (C=O) groups excluding carboxylic acids is 1. The minimum atomic E-state index is -1.67. The number of rotatable bonds is 4. The number of aliphatic hydroxyl groups excluding tert-OH is 4. The van der Waals surface area contributed by atoms with Crippen molar-refractivity contribution in [1.29, 1.82) is 0 Å². The Balaban J connectivity index is 1.61. The number of Topliss-reactive ketones (excluding diaryl/α,β-unsaturated/α-hetero) is 1. The molecule has 0 saturated carbocycles. The molecule has 0 aromatic heterocycles. The molecule has 1 saturated heterocycles. The molecule has 0 spiro atoms. The molecule has 7 N–H and O–H groups in total. The number of fused-ring (bicyclic) bond motifs is 1. The fourth-order valence-electron chi connectivity index (χ4n) is 3.77. The van der Waals surface area contributed by atoms with Gasteiger partial charge in [0, 0.05) is 23.8 Å². The smallest absolute Gasteiger partial charge is 0.229 e. The third kappa shape index (κ3) is 4.04. The highest BCUT2D eigenvalue weighted by Crippen LogP contribution is 2.43. The van der Waals surface area contributed by atoms with E-state index in [1.165, 1.54) is 18.2 Å². The second-order valence-electron chi connectivity index (χ2n) is 7.65. The number of hydrogen-bond donors (Lipinski definition) is 7. The van der Waals surface area contributed by atoms with E-state index < -0.39 is 54.9 Å². The molecule has 6 unspecified atom stereocenters. The van der Waals surface area contributed by atoms with Crippen LogP contribution in [-0.4, -0.2) is 78.8 Å². The minimum Gasteiger partial charge on any atom is -0.508 e. The van der Waals surface area contributed by atoms with Gasteiger partial charge in [-0.15, -0.1) is 0 Å². The topological polar surface area (TPSA) is 186 Å². The van der Waals surface area contributed by atoms with Crippen molar-refractivity contribution < 1.29 is 54.8 Å². The van der Waals surface area contributed by atoms with Crippen LogP contribution in [0.2, 0.25) is 0 Å². The van der Waals surface area contributed by atoms with Crippen LogP contribution in [-0.2, 0) is 4.74 Å². The predicted molar refractivity (Wildman–Crippen MR) is 105 cm³/mol. The van der Waals surface area contributed by atoms with E-state index in [0.717, 1.165) is 12.1 Å². The average molecular weight is 450 g/mol. The van der Waals surface area contributed by atoms with E-state index in [1.807, 2.05) is 0 Å². The summed E-state index contributed by atoms with van der Waals surface area (Å²) in [5.74, 6) is -1.47. The lowest BCUT2D eigenvalue weighted by Crippen LogP contribution is -2.60. The van der Waals surface area contributed by atoms with Crippen molar-refractivity contribution in [2.75, 3.05) is 6.61 Å². The maximum absolute atomic E-state index is 12.6. The molecule has 6 atom stereocenters.